The highest BCUT2D eigenvalue weighted by molar-refractivity contribution is 6.10. The van der Waals surface area contributed by atoms with Gasteiger partial charge < -0.3 is 10.2 Å². The van der Waals surface area contributed by atoms with Gasteiger partial charge in [0, 0.05) is 49.3 Å². The summed E-state index contributed by atoms with van der Waals surface area (Å²) in [5, 5.41) is 10.7. The Morgan fingerprint density at radius 2 is 1.88 bits per heavy atom. The number of hydrogen-bond acceptors (Lipinski definition) is 4. The van der Waals surface area contributed by atoms with Crippen LogP contribution in [0.2, 0.25) is 0 Å². The van der Waals surface area contributed by atoms with Crippen molar-refractivity contribution in [2.24, 2.45) is 4.99 Å². The Balaban J connectivity index is 1.83. The molecule has 3 rings (SSSR count). The number of aryl methyl sites for hydroxylation is 3. The second-order valence-corrected chi connectivity index (χ2v) is 8.06. The van der Waals surface area contributed by atoms with E-state index >= 15 is 0 Å². The van der Waals surface area contributed by atoms with Crippen molar-refractivity contribution in [3.63, 3.8) is 0 Å². The first kappa shape index (κ1) is 23.1. The first-order valence-corrected chi connectivity index (χ1v) is 10.9. The van der Waals surface area contributed by atoms with Crippen molar-refractivity contribution in [1.82, 2.24) is 15.1 Å². The molecular weight excluding hydrogens is 400 g/mol. The molecule has 7 heteroatoms. The fraction of sp³-hybridized carbons (Fsp3) is 0.320. The fourth-order valence-corrected chi connectivity index (χ4v) is 3.21. The van der Waals surface area contributed by atoms with E-state index in [2.05, 4.69) is 27.6 Å². The van der Waals surface area contributed by atoms with Crippen molar-refractivity contribution in [3.05, 3.63) is 77.1 Å². The van der Waals surface area contributed by atoms with Gasteiger partial charge in [0.2, 0.25) is 5.96 Å². The Labute approximate surface area is 190 Å². The molecule has 2 N–H and O–H groups in total. The molecule has 0 unspecified atom stereocenters. The summed E-state index contributed by atoms with van der Waals surface area (Å²) in [6.45, 7) is 7.43. The number of amides is 1. The number of anilines is 2. The minimum atomic E-state index is -0.217. The minimum absolute atomic E-state index is 0.217. The van der Waals surface area contributed by atoms with Crippen molar-refractivity contribution in [3.8, 4) is 0 Å². The van der Waals surface area contributed by atoms with Gasteiger partial charge in [0.05, 0.1) is 12.2 Å². The first-order chi connectivity index (χ1) is 15.4. The lowest BCUT2D eigenvalue weighted by Crippen LogP contribution is -2.36. The summed E-state index contributed by atoms with van der Waals surface area (Å²) >= 11 is 0. The lowest BCUT2D eigenvalue weighted by atomic mass is 10.2. The molecule has 7 nitrogen and oxygen atoms in total. The predicted molar refractivity (Wildman–Crippen MR) is 131 cm³/mol. The van der Waals surface area contributed by atoms with E-state index in [-0.39, 0.29) is 5.91 Å². The number of carbonyl (C=O) groups excluding carboxylic acids is 1. The first-order valence-electron chi connectivity index (χ1n) is 10.9. The van der Waals surface area contributed by atoms with Crippen LogP contribution in [0.1, 0.15) is 40.5 Å². The van der Waals surface area contributed by atoms with Gasteiger partial charge >= 0.3 is 0 Å². The van der Waals surface area contributed by atoms with Crippen molar-refractivity contribution in [2.45, 2.75) is 40.3 Å². The Bertz CT molecular complexity index is 1080. The fourth-order valence-electron chi connectivity index (χ4n) is 3.21. The maximum absolute atomic E-state index is 13.0. The molecular formula is C25H32N6O. The topological polar surface area (TPSA) is 74.6 Å². The van der Waals surface area contributed by atoms with Gasteiger partial charge in [-0.2, -0.15) is 5.10 Å². The van der Waals surface area contributed by atoms with Gasteiger partial charge in [-0.15, -0.1) is 0 Å². The molecule has 0 aliphatic rings. The summed E-state index contributed by atoms with van der Waals surface area (Å²) in [6.07, 6.45) is 3.04. The van der Waals surface area contributed by atoms with Crippen molar-refractivity contribution < 1.29 is 4.79 Å². The molecule has 0 radical (unpaired) electrons. The summed E-state index contributed by atoms with van der Waals surface area (Å²) in [5.41, 5.74) is 5.53. The van der Waals surface area contributed by atoms with E-state index in [1.807, 2.05) is 86.2 Å². The number of hydrogen-bond donors (Lipinski definition) is 2. The van der Waals surface area contributed by atoms with E-state index in [1.54, 1.807) is 6.07 Å². The molecule has 0 saturated heterocycles. The van der Waals surface area contributed by atoms with E-state index in [0.29, 0.717) is 18.1 Å². The molecule has 3 aromatic rings. The third-order valence-electron chi connectivity index (χ3n) is 5.08. The number of nitrogens with zero attached hydrogens (tertiary/aromatic N) is 4. The van der Waals surface area contributed by atoms with Gasteiger partial charge in [-0.05, 0) is 50.6 Å². The molecule has 1 amide bonds. The van der Waals surface area contributed by atoms with Crippen LogP contribution in [0.15, 0.2) is 59.7 Å². The summed E-state index contributed by atoms with van der Waals surface area (Å²) in [5.74, 6) is 0.183. The maximum Gasteiger partial charge on any atom is 0.258 e. The van der Waals surface area contributed by atoms with E-state index < -0.39 is 0 Å². The van der Waals surface area contributed by atoms with Crippen LogP contribution in [0.5, 0.6) is 0 Å². The van der Waals surface area contributed by atoms with Crippen LogP contribution in [-0.4, -0.2) is 35.7 Å². The lowest BCUT2D eigenvalue weighted by molar-refractivity contribution is 0.0977. The Hall–Kier alpha value is -3.61. The maximum atomic E-state index is 13.0. The number of nitrogens with one attached hydrogen (secondary N) is 2. The van der Waals surface area contributed by atoms with Crippen molar-refractivity contribution in [2.75, 3.05) is 24.3 Å². The van der Waals surface area contributed by atoms with Gasteiger partial charge in [0.15, 0.2) is 0 Å². The van der Waals surface area contributed by atoms with E-state index in [1.165, 1.54) is 0 Å². The van der Waals surface area contributed by atoms with Crippen molar-refractivity contribution >= 4 is 23.2 Å². The molecule has 0 saturated carbocycles. The molecule has 2 aromatic carbocycles. The number of benzene rings is 2. The summed E-state index contributed by atoms with van der Waals surface area (Å²) in [7, 11) is 3.90. The molecule has 168 valence electrons. The quantitative estimate of drug-likeness (QED) is 0.429. The summed E-state index contributed by atoms with van der Waals surface area (Å²) < 4.78 is 1.94. The molecule has 0 spiro atoms. The Morgan fingerprint density at radius 3 is 2.56 bits per heavy atom. The molecule has 32 heavy (non-hydrogen) atoms. The van der Waals surface area contributed by atoms with Crippen LogP contribution >= 0.6 is 0 Å². The van der Waals surface area contributed by atoms with Crippen LogP contribution in [0.4, 0.5) is 11.4 Å². The average Bonchev–Trinajstić information content (AvgIpc) is 3.13. The van der Waals surface area contributed by atoms with Crippen LogP contribution in [0, 0.1) is 13.8 Å². The summed E-state index contributed by atoms with van der Waals surface area (Å²) in [6, 6.07) is 15.5. The third kappa shape index (κ3) is 6.20. The van der Waals surface area contributed by atoms with E-state index in [4.69, 9.17) is 0 Å². The molecule has 0 bridgehead atoms. The van der Waals surface area contributed by atoms with E-state index in [9.17, 15) is 4.79 Å². The van der Waals surface area contributed by atoms with Crippen LogP contribution in [0.25, 0.3) is 0 Å². The minimum Gasteiger partial charge on any atom is -0.378 e. The zero-order valence-electron chi connectivity index (χ0n) is 19.5. The molecule has 0 fully saturated rings. The zero-order valence-corrected chi connectivity index (χ0v) is 19.5. The number of aliphatic imine (C=N–C) groups is 1. The van der Waals surface area contributed by atoms with Gasteiger partial charge in [0.25, 0.3) is 5.91 Å². The number of rotatable bonds is 7. The van der Waals surface area contributed by atoms with E-state index in [0.717, 1.165) is 41.2 Å². The third-order valence-corrected chi connectivity index (χ3v) is 5.08. The smallest absolute Gasteiger partial charge is 0.258 e. The number of carbonyl (C=O) groups is 1. The largest absolute Gasteiger partial charge is 0.378 e. The Morgan fingerprint density at radius 1 is 1.12 bits per heavy atom. The predicted octanol–water partition coefficient (Wildman–Crippen LogP) is 4.37. The molecule has 0 atom stereocenters. The van der Waals surface area contributed by atoms with Crippen molar-refractivity contribution in [1.29, 1.82) is 0 Å². The zero-order chi connectivity index (χ0) is 23.1. The summed E-state index contributed by atoms with van der Waals surface area (Å²) in [4.78, 5) is 19.6. The molecule has 0 aliphatic carbocycles. The molecule has 1 heterocycles. The number of aromatic nitrogens is 2. The van der Waals surface area contributed by atoms with Gasteiger partial charge in [0.1, 0.15) is 0 Å². The molecule has 0 aliphatic heterocycles. The molecule has 1 aromatic heterocycles. The highest BCUT2D eigenvalue weighted by Gasteiger charge is 2.12. The monoisotopic (exact) mass is 432 g/mol. The highest BCUT2D eigenvalue weighted by Crippen LogP contribution is 2.14. The van der Waals surface area contributed by atoms with Gasteiger partial charge in [-0.1, -0.05) is 30.7 Å². The van der Waals surface area contributed by atoms with Gasteiger partial charge in [-0.25, -0.2) is 4.99 Å². The normalized spacial score (nSPS) is 11.3. The Kier molecular flexibility index (Phi) is 7.65. The lowest BCUT2D eigenvalue weighted by Gasteiger charge is -2.15. The second kappa shape index (κ2) is 10.6. The van der Waals surface area contributed by atoms with Crippen LogP contribution < -0.4 is 15.5 Å². The van der Waals surface area contributed by atoms with Crippen LogP contribution in [-0.2, 0) is 13.1 Å². The second-order valence-electron chi connectivity index (χ2n) is 8.06. The highest BCUT2D eigenvalue weighted by atomic mass is 16.1. The van der Waals surface area contributed by atoms with Crippen LogP contribution in [0.3, 0.4) is 0 Å². The average molecular weight is 433 g/mol. The standard InChI is InChI=1S/C25H32N6O/c1-6-14-31-17-21(19(3)29-31)16-26-25(27-22-12-10-18(2)11-13-22)28-24(32)20-8-7-9-23(15-20)30(4)5/h7-13,15,17H,6,14,16H2,1-5H3,(H2,26,27,28,32). The van der Waals surface area contributed by atoms with Gasteiger partial charge in [-0.3, -0.25) is 14.8 Å². The SMILES string of the molecule is CCCn1cc(CN=C(NC(=O)c2cccc(N(C)C)c2)Nc2ccc(C)cc2)c(C)n1. The number of guanidine groups is 1.